The van der Waals surface area contributed by atoms with Gasteiger partial charge in [-0.15, -0.1) is 0 Å². The molecule has 132 valence electrons. The molecule has 0 saturated heterocycles. The maximum Gasteiger partial charge on any atom is 0.326 e. The predicted octanol–water partition coefficient (Wildman–Crippen LogP) is 2.82. The third-order valence-electron chi connectivity index (χ3n) is 3.91. The first-order valence-electron chi connectivity index (χ1n) is 7.77. The number of ether oxygens (including phenoxy) is 2. The number of carbonyl (C=O) groups is 2. The number of benzene rings is 2. The fraction of sp³-hybridized carbons (Fsp3) is 0.263. The van der Waals surface area contributed by atoms with E-state index in [1.54, 1.807) is 18.2 Å². The summed E-state index contributed by atoms with van der Waals surface area (Å²) in [5, 5.41) is 9.37. The minimum atomic E-state index is -1.07. The molecule has 1 unspecified atom stereocenters. The lowest BCUT2D eigenvalue weighted by molar-refractivity contribution is -0.141. The van der Waals surface area contributed by atoms with E-state index in [1.165, 1.54) is 26.0 Å². The molecule has 0 aliphatic heterocycles. The van der Waals surface area contributed by atoms with Crippen LogP contribution in [-0.2, 0) is 11.3 Å². The number of hydrogen-bond donors (Lipinski definition) is 1. The molecule has 0 heterocycles. The summed E-state index contributed by atoms with van der Waals surface area (Å²) in [5.41, 5.74) is 1.19. The lowest BCUT2D eigenvalue weighted by Gasteiger charge is -2.27. The Kier molecular flexibility index (Phi) is 6.00. The zero-order valence-corrected chi connectivity index (χ0v) is 14.4. The van der Waals surface area contributed by atoms with E-state index in [0.29, 0.717) is 17.1 Å². The van der Waals surface area contributed by atoms with Crippen LogP contribution < -0.4 is 9.47 Å². The predicted molar refractivity (Wildman–Crippen MR) is 93.0 cm³/mol. The van der Waals surface area contributed by atoms with Gasteiger partial charge in [-0.25, -0.2) is 4.79 Å². The Morgan fingerprint density at radius 1 is 1.04 bits per heavy atom. The van der Waals surface area contributed by atoms with Gasteiger partial charge in [0, 0.05) is 12.1 Å². The van der Waals surface area contributed by atoms with E-state index in [9.17, 15) is 14.7 Å². The monoisotopic (exact) mass is 343 g/mol. The SMILES string of the molecule is COc1ccc(C(=O)N(Cc2ccccc2)C(C)C(=O)O)cc1OC. The average Bonchev–Trinajstić information content (AvgIpc) is 2.65. The number of nitrogens with zero attached hydrogens (tertiary/aromatic N) is 1. The molecule has 0 aliphatic rings. The second-order valence-corrected chi connectivity index (χ2v) is 5.50. The summed E-state index contributed by atoms with van der Waals surface area (Å²) in [6.07, 6.45) is 0. The molecule has 1 N–H and O–H groups in total. The van der Waals surface area contributed by atoms with Crippen molar-refractivity contribution in [2.45, 2.75) is 19.5 Å². The zero-order chi connectivity index (χ0) is 18.4. The quantitative estimate of drug-likeness (QED) is 0.836. The normalized spacial score (nSPS) is 11.5. The largest absolute Gasteiger partial charge is 0.493 e. The van der Waals surface area contributed by atoms with Crippen molar-refractivity contribution in [1.29, 1.82) is 0 Å². The highest BCUT2D eigenvalue weighted by Gasteiger charge is 2.27. The number of hydrogen-bond acceptors (Lipinski definition) is 4. The molecule has 0 aliphatic carbocycles. The summed E-state index contributed by atoms with van der Waals surface area (Å²) in [6, 6.07) is 13.1. The molecule has 0 radical (unpaired) electrons. The topological polar surface area (TPSA) is 76.1 Å². The van der Waals surface area contributed by atoms with Crippen molar-refractivity contribution in [2.24, 2.45) is 0 Å². The molecule has 0 aromatic heterocycles. The maximum atomic E-state index is 12.9. The number of rotatable bonds is 7. The van der Waals surface area contributed by atoms with Gasteiger partial charge >= 0.3 is 5.97 Å². The van der Waals surface area contributed by atoms with Gasteiger partial charge in [0.25, 0.3) is 5.91 Å². The smallest absolute Gasteiger partial charge is 0.326 e. The van der Waals surface area contributed by atoms with Crippen LogP contribution in [0.2, 0.25) is 0 Å². The average molecular weight is 343 g/mol. The number of carbonyl (C=O) groups excluding carboxylic acids is 1. The third kappa shape index (κ3) is 4.29. The zero-order valence-electron chi connectivity index (χ0n) is 14.4. The van der Waals surface area contributed by atoms with Crippen LogP contribution in [0.15, 0.2) is 48.5 Å². The molecule has 1 amide bonds. The Morgan fingerprint density at radius 3 is 2.24 bits per heavy atom. The Bertz CT molecular complexity index is 745. The Hall–Kier alpha value is -3.02. The van der Waals surface area contributed by atoms with Gasteiger partial charge in [0.15, 0.2) is 11.5 Å². The summed E-state index contributed by atoms with van der Waals surface area (Å²) < 4.78 is 10.4. The van der Waals surface area contributed by atoms with Gasteiger partial charge in [0.1, 0.15) is 6.04 Å². The van der Waals surface area contributed by atoms with Gasteiger partial charge in [0.05, 0.1) is 14.2 Å². The summed E-state index contributed by atoms with van der Waals surface area (Å²) in [4.78, 5) is 25.7. The summed E-state index contributed by atoms with van der Waals surface area (Å²) in [6.45, 7) is 1.69. The lowest BCUT2D eigenvalue weighted by Crippen LogP contribution is -2.42. The van der Waals surface area contributed by atoms with E-state index >= 15 is 0 Å². The molecule has 0 spiro atoms. The maximum absolute atomic E-state index is 12.9. The number of methoxy groups -OCH3 is 2. The van der Waals surface area contributed by atoms with Crippen LogP contribution in [0.4, 0.5) is 0 Å². The first-order valence-corrected chi connectivity index (χ1v) is 7.77. The highest BCUT2D eigenvalue weighted by Crippen LogP contribution is 2.28. The van der Waals surface area contributed by atoms with Crippen LogP contribution in [0.5, 0.6) is 11.5 Å². The van der Waals surface area contributed by atoms with Crippen molar-refractivity contribution in [1.82, 2.24) is 4.90 Å². The molecule has 0 saturated carbocycles. The lowest BCUT2D eigenvalue weighted by atomic mass is 10.1. The molecule has 1 atom stereocenters. The third-order valence-corrected chi connectivity index (χ3v) is 3.91. The van der Waals surface area contributed by atoms with Crippen LogP contribution in [0.3, 0.4) is 0 Å². The summed E-state index contributed by atoms with van der Waals surface area (Å²) >= 11 is 0. The molecule has 6 nitrogen and oxygen atoms in total. The Morgan fingerprint density at radius 2 is 1.68 bits per heavy atom. The first-order chi connectivity index (χ1) is 12.0. The van der Waals surface area contributed by atoms with E-state index in [2.05, 4.69) is 0 Å². The standard InChI is InChI=1S/C19H21NO5/c1-13(19(22)23)20(12-14-7-5-4-6-8-14)18(21)15-9-10-16(24-2)17(11-15)25-3/h4-11,13H,12H2,1-3H3,(H,22,23). The fourth-order valence-corrected chi connectivity index (χ4v) is 2.43. The summed E-state index contributed by atoms with van der Waals surface area (Å²) in [7, 11) is 2.99. The molecule has 0 fully saturated rings. The van der Waals surface area contributed by atoms with E-state index in [1.807, 2.05) is 30.3 Å². The van der Waals surface area contributed by atoms with Crippen LogP contribution in [0.1, 0.15) is 22.8 Å². The van der Waals surface area contributed by atoms with Crippen molar-refractivity contribution >= 4 is 11.9 Å². The molecular formula is C19H21NO5. The van der Waals surface area contributed by atoms with Crippen molar-refractivity contribution in [3.63, 3.8) is 0 Å². The van der Waals surface area contributed by atoms with E-state index in [-0.39, 0.29) is 12.5 Å². The molecule has 25 heavy (non-hydrogen) atoms. The van der Waals surface area contributed by atoms with Crippen molar-refractivity contribution in [3.05, 3.63) is 59.7 Å². The molecule has 2 aromatic rings. The van der Waals surface area contributed by atoms with E-state index in [0.717, 1.165) is 5.56 Å². The van der Waals surface area contributed by atoms with E-state index in [4.69, 9.17) is 9.47 Å². The molecule has 2 rings (SSSR count). The first kappa shape index (κ1) is 18.3. The second kappa shape index (κ2) is 8.19. The number of carboxylic acids is 1. The Labute approximate surface area is 146 Å². The number of amides is 1. The minimum Gasteiger partial charge on any atom is -0.493 e. The molecule has 0 bridgehead atoms. The van der Waals surface area contributed by atoms with Crippen LogP contribution in [0.25, 0.3) is 0 Å². The number of carboxylic acid groups (broad SMARTS) is 1. The highest BCUT2D eigenvalue weighted by molar-refractivity contribution is 5.97. The van der Waals surface area contributed by atoms with Gasteiger partial charge in [-0.1, -0.05) is 30.3 Å². The minimum absolute atomic E-state index is 0.196. The van der Waals surface area contributed by atoms with Crippen LogP contribution in [-0.4, -0.2) is 42.1 Å². The van der Waals surface area contributed by atoms with Crippen molar-refractivity contribution < 1.29 is 24.2 Å². The second-order valence-electron chi connectivity index (χ2n) is 5.50. The van der Waals surface area contributed by atoms with Crippen molar-refractivity contribution in [2.75, 3.05) is 14.2 Å². The van der Waals surface area contributed by atoms with Gasteiger partial charge in [-0.05, 0) is 30.7 Å². The van der Waals surface area contributed by atoms with Gasteiger partial charge in [-0.2, -0.15) is 0 Å². The highest BCUT2D eigenvalue weighted by atomic mass is 16.5. The van der Waals surface area contributed by atoms with Gasteiger partial charge < -0.3 is 19.5 Å². The van der Waals surface area contributed by atoms with Crippen LogP contribution in [0, 0.1) is 0 Å². The Balaban J connectivity index is 2.36. The molecular weight excluding hydrogens is 322 g/mol. The van der Waals surface area contributed by atoms with Crippen molar-refractivity contribution in [3.8, 4) is 11.5 Å². The van der Waals surface area contributed by atoms with Gasteiger partial charge in [-0.3, -0.25) is 4.79 Å². The fourth-order valence-electron chi connectivity index (χ4n) is 2.43. The summed E-state index contributed by atoms with van der Waals surface area (Å²) in [5.74, 6) is -0.541. The number of aliphatic carboxylic acids is 1. The van der Waals surface area contributed by atoms with Gasteiger partial charge in [0.2, 0.25) is 0 Å². The molecule has 6 heteroatoms. The van der Waals surface area contributed by atoms with E-state index < -0.39 is 12.0 Å². The van der Waals surface area contributed by atoms with Crippen LogP contribution >= 0.6 is 0 Å². The molecule has 2 aromatic carbocycles.